The molecule has 3 N–H and O–H groups in total. The monoisotopic (exact) mass is 335 g/mol. The maximum absolute atomic E-state index is 9.91. The summed E-state index contributed by atoms with van der Waals surface area (Å²) in [7, 11) is 0. The average Bonchev–Trinajstić information content (AvgIpc) is 2.08. The minimum atomic E-state index is -0.203. The first-order valence-electron chi connectivity index (χ1n) is 4.67. The molecule has 0 saturated carbocycles. The van der Waals surface area contributed by atoms with Gasteiger partial charge in [0.05, 0.1) is 4.47 Å². The minimum absolute atomic E-state index is 0.0856. The van der Waals surface area contributed by atoms with Crippen molar-refractivity contribution in [3.05, 3.63) is 26.6 Å². The van der Waals surface area contributed by atoms with Crippen molar-refractivity contribution in [1.82, 2.24) is 0 Å². The molecule has 1 rings (SSSR count). The zero-order chi connectivity index (χ0) is 11.8. The van der Waals surface area contributed by atoms with Gasteiger partial charge in [-0.2, -0.15) is 0 Å². The Bertz CT molecular complexity index is 372. The van der Waals surface area contributed by atoms with Crippen LogP contribution < -0.4 is 5.73 Å². The zero-order valence-corrected chi connectivity index (χ0v) is 12.2. The fourth-order valence-corrected chi connectivity index (χ4v) is 2.55. The minimum Gasteiger partial charge on any atom is -0.506 e. The van der Waals surface area contributed by atoms with Crippen molar-refractivity contribution < 1.29 is 5.11 Å². The molecule has 0 saturated heterocycles. The Labute approximate surface area is 107 Å². The van der Waals surface area contributed by atoms with Crippen LogP contribution in [0.4, 0.5) is 0 Å². The molecule has 1 atom stereocenters. The van der Waals surface area contributed by atoms with Crippen molar-refractivity contribution in [3.8, 4) is 5.75 Å². The first kappa shape index (κ1) is 13.0. The van der Waals surface area contributed by atoms with E-state index in [4.69, 9.17) is 5.73 Å². The summed E-state index contributed by atoms with van der Waals surface area (Å²) in [6.45, 7) is 6.14. The molecule has 0 unspecified atom stereocenters. The second-order valence-electron chi connectivity index (χ2n) is 4.67. The zero-order valence-electron chi connectivity index (χ0n) is 9.01. The Kier molecular flexibility index (Phi) is 3.85. The molecule has 15 heavy (non-hydrogen) atoms. The van der Waals surface area contributed by atoms with Crippen molar-refractivity contribution in [1.29, 1.82) is 0 Å². The molecule has 84 valence electrons. The molecule has 1 aromatic rings. The van der Waals surface area contributed by atoms with Crippen molar-refractivity contribution in [2.75, 3.05) is 0 Å². The summed E-state index contributed by atoms with van der Waals surface area (Å²) in [5, 5.41) is 9.91. The summed E-state index contributed by atoms with van der Waals surface area (Å²) < 4.78 is 1.56. The van der Waals surface area contributed by atoms with Gasteiger partial charge in [0.2, 0.25) is 0 Å². The van der Waals surface area contributed by atoms with E-state index in [0.717, 1.165) is 10.0 Å². The lowest BCUT2D eigenvalue weighted by Crippen LogP contribution is -2.26. The number of nitrogens with two attached hydrogens (primary N) is 1. The Balaban J connectivity index is 3.25. The van der Waals surface area contributed by atoms with E-state index >= 15 is 0 Å². The van der Waals surface area contributed by atoms with Gasteiger partial charge in [0.25, 0.3) is 0 Å². The number of halogens is 2. The highest BCUT2D eigenvalue weighted by Crippen LogP contribution is 2.40. The second-order valence-corrected chi connectivity index (χ2v) is 6.44. The molecule has 0 fully saturated rings. The normalized spacial score (nSPS) is 14.0. The Morgan fingerprint density at radius 3 is 2.27 bits per heavy atom. The maximum Gasteiger partial charge on any atom is 0.134 e. The van der Waals surface area contributed by atoms with E-state index in [1.807, 2.05) is 26.8 Å². The van der Waals surface area contributed by atoms with E-state index in [1.165, 1.54) is 0 Å². The van der Waals surface area contributed by atoms with Gasteiger partial charge in [0.1, 0.15) is 5.75 Å². The third-order valence-electron chi connectivity index (χ3n) is 2.33. The van der Waals surface area contributed by atoms with Crippen molar-refractivity contribution in [2.24, 2.45) is 11.1 Å². The summed E-state index contributed by atoms with van der Waals surface area (Å²) in [5.74, 6) is 0.223. The standard InChI is InChI=1S/C11H15Br2NO/c1-11(2,3)10(14)7-4-6(12)5-8(13)9(7)15/h4-5,10,15H,14H2,1-3H3/t10-/m1/s1. The molecule has 0 heterocycles. The molecule has 0 spiro atoms. The van der Waals surface area contributed by atoms with Crippen LogP contribution >= 0.6 is 31.9 Å². The lowest BCUT2D eigenvalue weighted by molar-refractivity contribution is 0.317. The third-order valence-corrected chi connectivity index (χ3v) is 3.39. The lowest BCUT2D eigenvalue weighted by atomic mass is 9.83. The summed E-state index contributed by atoms with van der Waals surface area (Å²) in [6.07, 6.45) is 0. The van der Waals surface area contributed by atoms with E-state index < -0.39 is 0 Å². The van der Waals surface area contributed by atoms with Crippen molar-refractivity contribution in [3.63, 3.8) is 0 Å². The SMILES string of the molecule is CC(C)(C)[C@H](N)c1cc(Br)cc(Br)c1O. The highest BCUT2D eigenvalue weighted by molar-refractivity contribution is 9.11. The third kappa shape index (κ3) is 2.95. The maximum atomic E-state index is 9.91. The van der Waals surface area contributed by atoms with Crippen molar-refractivity contribution in [2.45, 2.75) is 26.8 Å². The second kappa shape index (κ2) is 4.44. The molecule has 0 aromatic heterocycles. The number of hydrogen-bond acceptors (Lipinski definition) is 2. The highest BCUT2D eigenvalue weighted by Gasteiger charge is 2.25. The van der Waals surface area contributed by atoms with Gasteiger partial charge < -0.3 is 10.8 Å². The fraction of sp³-hybridized carbons (Fsp3) is 0.455. The van der Waals surface area contributed by atoms with E-state index in [0.29, 0.717) is 4.47 Å². The molecule has 4 heteroatoms. The average molecular weight is 337 g/mol. The first-order chi connectivity index (χ1) is 6.73. The van der Waals surface area contributed by atoms with Gasteiger partial charge in [0.15, 0.2) is 0 Å². The smallest absolute Gasteiger partial charge is 0.134 e. The molecule has 0 bridgehead atoms. The van der Waals surface area contributed by atoms with Gasteiger partial charge in [-0.15, -0.1) is 0 Å². The molecule has 0 aliphatic rings. The summed E-state index contributed by atoms with van der Waals surface area (Å²) >= 11 is 6.68. The molecule has 0 aliphatic heterocycles. The molecule has 0 radical (unpaired) electrons. The van der Waals surface area contributed by atoms with Crippen LogP contribution in [0.5, 0.6) is 5.75 Å². The van der Waals surface area contributed by atoms with Crippen molar-refractivity contribution >= 4 is 31.9 Å². The van der Waals surface area contributed by atoms with Gasteiger partial charge in [-0.05, 0) is 33.5 Å². The van der Waals surface area contributed by atoms with E-state index in [9.17, 15) is 5.11 Å². The fourth-order valence-electron chi connectivity index (χ4n) is 1.29. The van der Waals surface area contributed by atoms with Crippen LogP contribution in [0.2, 0.25) is 0 Å². The Hall–Kier alpha value is -0.0600. The van der Waals surface area contributed by atoms with Crippen LogP contribution in [0.3, 0.4) is 0 Å². The summed E-state index contributed by atoms with van der Waals surface area (Å²) in [4.78, 5) is 0. The van der Waals surface area contributed by atoms with Gasteiger partial charge in [0, 0.05) is 16.1 Å². The largest absolute Gasteiger partial charge is 0.506 e. The molecule has 2 nitrogen and oxygen atoms in total. The highest BCUT2D eigenvalue weighted by atomic mass is 79.9. The first-order valence-corrected chi connectivity index (χ1v) is 6.25. The molecular formula is C11H15Br2NO. The van der Waals surface area contributed by atoms with Gasteiger partial charge in [-0.25, -0.2) is 0 Å². The quantitative estimate of drug-likeness (QED) is 0.815. The molecule has 0 aliphatic carbocycles. The van der Waals surface area contributed by atoms with E-state index in [-0.39, 0.29) is 17.2 Å². The number of phenols is 1. The lowest BCUT2D eigenvalue weighted by Gasteiger charge is -2.28. The summed E-state index contributed by atoms with van der Waals surface area (Å²) in [5.41, 5.74) is 6.78. The van der Waals surface area contributed by atoms with Crippen LogP contribution in [0.25, 0.3) is 0 Å². The Morgan fingerprint density at radius 2 is 1.80 bits per heavy atom. The predicted molar refractivity (Wildman–Crippen MR) is 69.9 cm³/mol. The Morgan fingerprint density at radius 1 is 1.27 bits per heavy atom. The number of hydrogen-bond donors (Lipinski definition) is 2. The van der Waals surface area contributed by atoms with Crippen LogP contribution in [0.15, 0.2) is 21.1 Å². The number of phenolic OH excluding ortho intramolecular Hbond substituents is 1. The number of rotatable bonds is 1. The summed E-state index contributed by atoms with van der Waals surface area (Å²) in [6, 6.07) is 3.45. The van der Waals surface area contributed by atoms with Gasteiger partial charge in [-0.1, -0.05) is 36.7 Å². The molecule has 0 amide bonds. The van der Waals surface area contributed by atoms with E-state index in [2.05, 4.69) is 31.9 Å². The van der Waals surface area contributed by atoms with E-state index in [1.54, 1.807) is 6.07 Å². The number of aromatic hydroxyl groups is 1. The van der Waals surface area contributed by atoms with Gasteiger partial charge >= 0.3 is 0 Å². The molecule has 1 aromatic carbocycles. The topological polar surface area (TPSA) is 46.2 Å². The van der Waals surface area contributed by atoms with Crippen LogP contribution in [0.1, 0.15) is 32.4 Å². The van der Waals surface area contributed by atoms with Crippen LogP contribution in [-0.2, 0) is 0 Å². The van der Waals surface area contributed by atoms with Crippen LogP contribution in [-0.4, -0.2) is 5.11 Å². The van der Waals surface area contributed by atoms with Crippen LogP contribution in [0, 0.1) is 5.41 Å². The van der Waals surface area contributed by atoms with Gasteiger partial charge in [-0.3, -0.25) is 0 Å². The number of benzene rings is 1. The molecular weight excluding hydrogens is 322 g/mol. The predicted octanol–water partition coefficient (Wildman–Crippen LogP) is 3.96.